The van der Waals surface area contributed by atoms with Crippen molar-refractivity contribution in [2.45, 2.75) is 13.5 Å². The number of aromatic nitrogens is 3. The molecule has 0 fully saturated rings. The fourth-order valence-corrected chi connectivity index (χ4v) is 3.38. The number of nitrogens with zero attached hydrogens (tertiary/aromatic N) is 3. The van der Waals surface area contributed by atoms with Crippen molar-refractivity contribution in [2.24, 2.45) is 7.05 Å². The number of carboxylic acid groups (broad SMARTS) is 1. The molecule has 2 N–H and O–H groups in total. The first-order chi connectivity index (χ1) is 13.5. The summed E-state index contributed by atoms with van der Waals surface area (Å²) in [6.07, 6.45) is 1.78. The van der Waals surface area contributed by atoms with Crippen LogP contribution >= 0.6 is 0 Å². The van der Waals surface area contributed by atoms with E-state index in [9.17, 15) is 9.90 Å². The van der Waals surface area contributed by atoms with Crippen LogP contribution < -0.4 is 5.32 Å². The smallest absolute Gasteiger partial charge is 0.354 e. The summed E-state index contributed by atoms with van der Waals surface area (Å²) in [5.41, 5.74) is 5.02. The summed E-state index contributed by atoms with van der Waals surface area (Å²) in [4.78, 5) is 16.0. The summed E-state index contributed by atoms with van der Waals surface area (Å²) in [6.45, 7) is 2.77. The van der Waals surface area contributed by atoms with Gasteiger partial charge in [0.05, 0.1) is 0 Å². The number of anilines is 1. The average Bonchev–Trinajstić information content (AvgIpc) is 3.03. The highest BCUT2D eigenvalue weighted by Gasteiger charge is 2.18. The SMILES string of the molecule is Cc1cccc(CNc2ccc(-c3cccc4c(C(=O)O)n(C)nc34)cn2)c1. The average molecular weight is 372 g/mol. The van der Waals surface area contributed by atoms with Gasteiger partial charge in [-0.25, -0.2) is 9.78 Å². The zero-order chi connectivity index (χ0) is 19.7. The number of carbonyl (C=O) groups is 1. The van der Waals surface area contributed by atoms with Gasteiger partial charge in [-0.05, 0) is 24.6 Å². The molecule has 6 nitrogen and oxygen atoms in total. The number of aryl methyl sites for hydroxylation is 2. The number of pyridine rings is 1. The number of carboxylic acids is 1. The molecular formula is C22H20N4O2. The van der Waals surface area contributed by atoms with Crippen molar-refractivity contribution in [3.8, 4) is 11.1 Å². The maximum Gasteiger partial charge on any atom is 0.354 e. The number of hydrogen-bond acceptors (Lipinski definition) is 4. The first kappa shape index (κ1) is 17.7. The van der Waals surface area contributed by atoms with E-state index in [0.29, 0.717) is 17.4 Å². The predicted octanol–water partition coefficient (Wildman–Crippen LogP) is 4.25. The van der Waals surface area contributed by atoms with Gasteiger partial charge in [0.25, 0.3) is 0 Å². The molecule has 0 amide bonds. The second-order valence-electron chi connectivity index (χ2n) is 6.75. The molecule has 0 atom stereocenters. The number of fused-ring (bicyclic) bond motifs is 1. The lowest BCUT2D eigenvalue weighted by Gasteiger charge is -2.08. The van der Waals surface area contributed by atoms with E-state index in [1.54, 1.807) is 19.3 Å². The number of rotatable bonds is 5. The molecular weight excluding hydrogens is 352 g/mol. The first-order valence-corrected chi connectivity index (χ1v) is 8.98. The molecule has 0 saturated heterocycles. The summed E-state index contributed by atoms with van der Waals surface area (Å²) < 4.78 is 1.40. The standard InChI is InChI=1S/C22H20N4O2/c1-14-5-3-6-15(11-14)12-23-19-10-9-16(13-24-19)17-7-4-8-18-20(17)25-26(2)21(18)22(27)28/h3-11,13H,12H2,1-2H3,(H,23,24)(H,27,28). The van der Waals surface area contributed by atoms with E-state index in [1.807, 2.05) is 30.3 Å². The maximum absolute atomic E-state index is 11.5. The normalized spacial score (nSPS) is 10.9. The summed E-state index contributed by atoms with van der Waals surface area (Å²) in [7, 11) is 1.64. The van der Waals surface area contributed by atoms with E-state index in [4.69, 9.17) is 0 Å². The van der Waals surface area contributed by atoms with Crippen LogP contribution in [0.15, 0.2) is 60.8 Å². The Hall–Kier alpha value is -3.67. The highest BCUT2D eigenvalue weighted by Crippen LogP contribution is 2.29. The van der Waals surface area contributed by atoms with E-state index in [0.717, 1.165) is 16.9 Å². The Labute approximate surface area is 162 Å². The van der Waals surface area contributed by atoms with Crippen molar-refractivity contribution in [1.29, 1.82) is 0 Å². The van der Waals surface area contributed by atoms with Crippen molar-refractivity contribution in [2.75, 3.05) is 5.32 Å². The molecule has 0 aliphatic carbocycles. The minimum atomic E-state index is -0.990. The van der Waals surface area contributed by atoms with Gasteiger partial charge in [0, 0.05) is 36.3 Å². The molecule has 2 aromatic heterocycles. The lowest BCUT2D eigenvalue weighted by Crippen LogP contribution is -2.05. The number of nitrogens with one attached hydrogen (secondary N) is 1. The second kappa shape index (κ2) is 7.15. The lowest BCUT2D eigenvalue weighted by atomic mass is 10.0. The van der Waals surface area contributed by atoms with Crippen molar-refractivity contribution >= 4 is 22.7 Å². The van der Waals surface area contributed by atoms with Crippen LogP contribution in [0.5, 0.6) is 0 Å². The highest BCUT2D eigenvalue weighted by molar-refractivity contribution is 6.05. The van der Waals surface area contributed by atoms with Gasteiger partial charge in [-0.2, -0.15) is 5.10 Å². The van der Waals surface area contributed by atoms with E-state index in [2.05, 4.69) is 40.5 Å². The molecule has 0 saturated carbocycles. The molecule has 0 spiro atoms. The van der Waals surface area contributed by atoms with Crippen molar-refractivity contribution < 1.29 is 9.90 Å². The number of benzene rings is 2. The summed E-state index contributed by atoms with van der Waals surface area (Å²) in [5.74, 6) is -0.208. The van der Waals surface area contributed by atoms with Crippen LogP contribution in [0.4, 0.5) is 5.82 Å². The Morgan fingerprint density at radius 2 is 1.96 bits per heavy atom. The first-order valence-electron chi connectivity index (χ1n) is 8.98. The monoisotopic (exact) mass is 372 g/mol. The molecule has 2 aromatic carbocycles. The van der Waals surface area contributed by atoms with E-state index in [-0.39, 0.29) is 5.69 Å². The third-order valence-corrected chi connectivity index (χ3v) is 4.70. The molecule has 2 heterocycles. The van der Waals surface area contributed by atoms with Crippen LogP contribution in [0.3, 0.4) is 0 Å². The predicted molar refractivity (Wildman–Crippen MR) is 109 cm³/mol. The second-order valence-corrected chi connectivity index (χ2v) is 6.75. The molecule has 4 aromatic rings. The Morgan fingerprint density at radius 3 is 2.68 bits per heavy atom. The zero-order valence-electron chi connectivity index (χ0n) is 15.7. The quantitative estimate of drug-likeness (QED) is 0.547. The van der Waals surface area contributed by atoms with E-state index < -0.39 is 5.97 Å². The number of aromatic carboxylic acids is 1. The van der Waals surface area contributed by atoms with E-state index >= 15 is 0 Å². The fraction of sp³-hybridized carbons (Fsp3) is 0.136. The topological polar surface area (TPSA) is 80.0 Å². The molecule has 0 unspecified atom stereocenters. The van der Waals surface area contributed by atoms with Crippen LogP contribution in [-0.2, 0) is 13.6 Å². The lowest BCUT2D eigenvalue weighted by molar-refractivity contribution is 0.0687. The van der Waals surface area contributed by atoms with Gasteiger partial charge in [-0.3, -0.25) is 4.68 Å². The van der Waals surface area contributed by atoms with Gasteiger partial charge < -0.3 is 10.4 Å². The fourth-order valence-electron chi connectivity index (χ4n) is 3.38. The molecule has 4 rings (SSSR count). The Kier molecular flexibility index (Phi) is 4.53. The van der Waals surface area contributed by atoms with E-state index in [1.165, 1.54) is 15.8 Å². The third-order valence-electron chi connectivity index (χ3n) is 4.70. The Bertz CT molecular complexity index is 1160. The zero-order valence-corrected chi connectivity index (χ0v) is 15.7. The van der Waals surface area contributed by atoms with Crippen LogP contribution in [0.2, 0.25) is 0 Å². The van der Waals surface area contributed by atoms with Crippen molar-refractivity contribution in [3.05, 3.63) is 77.6 Å². The van der Waals surface area contributed by atoms with Crippen LogP contribution in [0, 0.1) is 6.92 Å². The van der Waals surface area contributed by atoms with Gasteiger partial charge >= 0.3 is 5.97 Å². The minimum Gasteiger partial charge on any atom is -0.477 e. The molecule has 0 radical (unpaired) electrons. The Morgan fingerprint density at radius 1 is 1.14 bits per heavy atom. The summed E-state index contributed by atoms with van der Waals surface area (Å²) in [6, 6.07) is 17.8. The largest absolute Gasteiger partial charge is 0.477 e. The van der Waals surface area contributed by atoms with Gasteiger partial charge in [-0.1, -0.05) is 48.0 Å². The molecule has 0 bridgehead atoms. The van der Waals surface area contributed by atoms with Gasteiger partial charge in [-0.15, -0.1) is 0 Å². The molecule has 0 aliphatic heterocycles. The van der Waals surface area contributed by atoms with Crippen LogP contribution in [0.1, 0.15) is 21.6 Å². The van der Waals surface area contributed by atoms with Crippen molar-refractivity contribution in [3.63, 3.8) is 0 Å². The van der Waals surface area contributed by atoms with Gasteiger partial charge in [0.2, 0.25) is 0 Å². The minimum absolute atomic E-state index is 0.182. The highest BCUT2D eigenvalue weighted by atomic mass is 16.4. The molecule has 28 heavy (non-hydrogen) atoms. The summed E-state index contributed by atoms with van der Waals surface area (Å²) in [5, 5.41) is 17.8. The third kappa shape index (κ3) is 3.32. The molecule has 6 heteroatoms. The van der Waals surface area contributed by atoms with Crippen LogP contribution in [0.25, 0.3) is 22.0 Å². The molecule has 140 valence electrons. The molecule has 0 aliphatic rings. The maximum atomic E-state index is 11.5. The van der Waals surface area contributed by atoms with Crippen LogP contribution in [-0.4, -0.2) is 25.8 Å². The number of hydrogen-bond donors (Lipinski definition) is 2. The van der Waals surface area contributed by atoms with Gasteiger partial charge in [0.1, 0.15) is 11.3 Å². The van der Waals surface area contributed by atoms with Crippen molar-refractivity contribution in [1.82, 2.24) is 14.8 Å². The van der Waals surface area contributed by atoms with Gasteiger partial charge in [0.15, 0.2) is 5.69 Å². The Balaban J connectivity index is 1.60. The summed E-state index contributed by atoms with van der Waals surface area (Å²) >= 11 is 0.